The van der Waals surface area contributed by atoms with Gasteiger partial charge in [0.05, 0.1) is 12.2 Å². The fourth-order valence-corrected chi connectivity index (χ4v) is 3.13. The third-order valence-electron chi connectivity index (χ3n) is 4.04. The second kappa shape index (κ2) is 3.61. The molecule has 2 atom stereocenters. The Labute approximate surface area is 83.3 Å². The Kier molecular flexibility index (Phi) is 2.64. The van der Waals surface area contributed by atoms with Gasteiger partial charge in [0, 0.05) is 1.43 Å². The highest BCUT2D eigenvalue weighted by Crippen LogP contribution is 2.45. The molecule has 1 heteroatoms. The Morgan fingerprint density at radius 2 is 2.00 bits per heavy atom. The van der Waals surface area contributed by atoms with E-state index in [4.69, 9.17) is 4.74 Å². The zero-order chi connectivity index (χ0) is 9.31. The van der Waals surface area contributed by atoms with E-state index in [1.807, 2.05) is 0 Å². The van der Waals surface area contributed by atoms with E-state index in [1.165, 1.54) is 38.5 Å². The number of rotatable bonds is 3. The Balaban J connectivity index is 0.000000980. The van der Waals surface area contributed by atoms with Crippen LogP contribution < -0.4 is 0 Å². The predicted octanol–water partition coefficient (Wildman–Crippen LogP) is 3.63. The van der Waals surface area contributed by atoms with Crippen molar-refractivity contribution in [2.24, 2.45) is 11.8 Å². The second-order valence-electron chi connectivity index (χ2n) is 5.01. The summed E-state index contributed by atoms with van der Waals surface area (Å²) in [5.41, 5.74) is 0.275. The molecule has 2 rings (SSSR count). The van der Waals surface area contributed by atoms with Gasteiger partial charge in [-0.25, -0.2) is 0 Å². The fourth-order valence-electron chi connectivity index (χ4n) is 3.13. The van der Waals surface area contributed by atoms with Gasteiger partial charge in [-0.05, 0) is 18.8 Å². The van der Waals surface area contributed by atoms with Gasteiger partial charge in [0.1, 0.15) is 0 Å². The van der Waals surface area contributed by atoms with E-state index in [9.17, 15) is 0 Å². The molecule has 13 heavy (non-hydrogen) atoms. The maximum absolute atomic E-state index is 5.60. The first-order valence-electron chi connectivity index (χ1n) is 5.90. The lowest BCUT2D eigenvalue weighted by Gasteiger charge is -2.32. The molecule has 0 spiro atoms. The van der Waals surface area contributed by atoms with Crippen molar-refractivity contribution in [2.45, 2.75) is 58.0 Å². The van der Waals surface area contributed by atoms with Gasteiger partial charge in [0.15, 0.2) is 0 Å². The lowest BCUT2D eigenvalue weighted by atomic mass is 9.73. The minimum absolute atomic E-state index is 0. The van der Waals surface area contributed by atoms with Crippen LogP contribution in [0.25, 0.3) is 0 Å². The SMILES string of the molecule is CCC(C1CCCCC1)C1(C)CO1.[HH]. The molecular formula is C12H24O. The number of ether oxygens (including phenoxy) is 1. The van der Waals surface area contributed by atoms with Gasteiger partial charge in [0.2, 0.25) is 0 Å². The lowest BCUT2D eigenvalue weighted by Crippen LogP contribution is -2.29. The average molecular weight is 184 g/mol. The van der Waals surface area contributed by atoms with Gasteiger partial charge < -0.3 is 4.74 Å². The van der Waals surface area contributed by atoms with E-state index >= 15 is 0 Å². The number of hydrogen-bond acceptors (Lipinski definition) is 1. The molecule has 1 saturated carbocycles. The predicted molar refractivity (Wildman–Crippen MR) is 56.8 cm³/mol. The molecule has 1 aliphatic heterocycles. The standard InChI is InChI=1S/C12H22O.H2/c1-3-11(12(2)9-13-12)10-7-5-4-6-8-10;/h10-11H,3-9H2,1-2H3;1H. The summed E-state index contributed by atoms with van der Waals surface area (Å²) in [6.45, 7) is 5.64. The van der Waals surface area contributed by atoms with Crippen LogP contribution in [0.3, 0.4) is 0 Å². The van der Waals surface area contributed by atoms with Gasteiger partial charge >= 0.3 is 0 Å². The largest absolute Gasteiger partial charge is 0.370 e. The Morgan fingerprint density at radius 1 is 1.38 bits per heavy atom. The van der Waals surface area contributed by atoms with Crippen LogP contribution in [0.1, 0.15) is 53.8 Å². The third-order valence-corrected chi connectivity index (χ3v) is 4.04. The highest BCUT2D eigenvalue weighted by Gasteiger charge is 2.48. The van der Waals surface area contributed by atoms with Gasteiger partial charge in [-0.15, -0.1) is 0 Å². The molecule has 1 heterocycles. The van der Waals surface area contributed by atoms with Crippen molar-refractivity contribution < 1.29 is 6.16 Å². The maximum Gasteiger partial charge on any atom is 0.0919 e. The highest BCUT2D eigenvalue weighted by molar-refractivity contribution is 4.96. The molecule has 0 aromatic heterocycles. The first kappa shape index (κ1) is 9.51. The smallest absolute Gasteiger partial charge is 0.0919 e. The van der Waals surface area contributed by atoms with Crippen LogP contribution in [0.5, 0.6) is 0 Å². The van der Waals surface area contributed by atoms with Gasteiger partial charge in [-0.3, -0.25) is 0 Å². The first-order valence-corrected chi connectivity index (χ1v) is 5.90. The van der Waals surface area contributed by atoms with E-state index < -0.39 is 0 Å². The van der Waals surface area contributed by atoms with E-state index in [0.717, 1.165) is 18.4 Å². The molecule has 1 aliphatic carbocycles. The summed E-state index contributed by atoms with van der Waals surface area (Å²) in [5, 5.41) is 0. The quantitative estimate of drug-likeness (QED) is 0.610. The van der Waals surface area contributed by atoms with Crippen LogP contribution in [-0.4, -0.2) is 12.2 Å². The van der Waals surface area contributed by atoms with Gasteiger partial charge in [0.25, 0.3) is 0 Å². The van der Waals surface area contributed by atoms with Crippen LogP contribution in [0.15, 0.2) is 0 Å². The lowest BCUT2D eigenvalue weighted by molar-refractivity contribution is 0.137. The zero-order valence-electron chi connectivity index (χ0n) is 9.01. The number of epoxide rings is 1. The monoisotopic (exact) mass is 184 g/mol. The summed E-state index contributed by atoms with van der Waals surface area (Å²) in [4.78, 5) is 0. The van der Waals surface area contributed by atoms with Crippen molar-refractivity contribution in [1.29, 1.82) is 0 Å². The molecule has 0 aromatic carbocycles. The van der Waals surface area contributed by atoms with Gasteiger partial charge in [-0.1, -0.05) is 45.4 Å². The summed E-state index contributed by atoms with van der Waals surface area (Å²) in [6, 6.07) is 0. The Bertz CT molecular complexity index is 171. The normalized spacial score (nSPS) is 37.4. The summed E-state index contributed by atoms with van der Waals surface area (Å²) >= 11 is 0. The Hall–Kier alpha value is -0.0400. The summed E-state index contributed by atoms with van der Waals surface area (Å²) in [7, 11) is 0. The molecule has 0 amide bonds. The number of hydrogen-bond donors (Lipinski definition) is 0. The van der Waals surface area contributed by atoms with Crippen molar-refractivity contribution >= 4 is 0 Å². The molecule has 1 nitrogen and oxygen atoms in total. The maximum atomic E-state index is 5.60. The molecule has 2 unspecified atom stereocenters. The van der Waals surface area contributed by atoms with Crippen molar-refractivity contribution in [3.8, 4) is 0 Å². The molecule has 2 fully saturated rings. The topological polar surface area (TPSA) is 12.5 Å². The van der Waals surface area contributed by atoms with Crippen molar-refractivity contribution in [1.82, 2.24) is 0 Å². The van der Waals surface area contributed by atoms with E-state index in [0.29, 0.717) is 0 Å². The summed E-state index contributed by atoms with van der Waals surface area (Å²) < 4.78 is 5.60. The minimum Gasteiger partial charge on any atom is -0.370 e. The van der Waals surface area contributed by atoms with Crippen molar-refractivity contribution in [3.63, 3.8) is 0 Å². The van der Waals surface area contributed by atoms with Crippen molar-refractivity contribution in [2.75, 3.05) is 6.61 Å². The van der Waals surface area contributed by atoms with Crippen LogP contribution >= 0.6 is 0 Å². The van der Waals surface area contributed by atoms with Gasteiger partial charge in [-0.2, -0.15) is 0 Å². The van der Waals surface area contributed by atoms with E-state index in [1.54, 1.807) is 0 Å². The molecule has 0 aromatic rings. The van der Waals surface area contributed by atoms with Crippen LogP contribution in [0, 0.1) is 11.8 Å². The molecule has 0 N–H and O–H groups in total. The van der Waals surface area contributed by atoms with Crippen LogP contribution in [0.2, 0.25) is 0 Å². The summed E-state index contributed by atoms with van der Waals surface area (Å²) in [6.07, 6.45) is 8.59. The average Bonchev–Trinajstić information content (AvgIpc) is 2.87. The molecule has 1 saturated heterocycles. The molecule has 0 radical (unpaired) electrons. The first-order chi connectivity index (χ1) is 6.26. The van der Waals surface area contributed by atoms with Crippen LogP contribution in [0.4, 0.5) is 0 Å². The van der Waals surface area contributed by atoms with Crippen LogP contribution in [-0.2, 0) is 4.74 Å². The molecule has 2 aliphatic rings. The van der Waals surface area contributed by atoms with E-state index in [-0.39, 0.29) is 7.03 Å². The third kappa shape index (κ3) is 1.90. The molecule has 78 valence electrons. The molecular weight excluding hydrogens is 160 g/mol. The minimum atomic E-state index is 0. The highest BCUT2D eigenvalue weighted by atomic mass is 16.6. The second-order valence-corrected chi connectivity index (χ2v) is 5.01. The van der Waals surface area contributed by atoms with E-state index in [2.05, 4.69) is 13.8 Å². The summed E-state index contributed by atoms with van der Waals surface area (Å²) in [5.74, 6) is 1.80. The molecule has 0 bridgehead atoms. The fraction of sp³-hybridized carbons (Fsp3) is 1.00. The van der Waals surface area contributed by atoms with Crippen molar-refractivity contribution in [3.05, 3.63) is 0 Å². The Morgan fingerprint density at radius 3 is 2.46 bits per heavy atom. The zero-order valence-corrected chi connectivity index (χ0v) is 9.01.